The number of hydrogen-bond acceptors (Lipinski definition) is 15. The summed E-state index contributed by atoms with van der Waals surface area (Å²) in [5.41, 5.74) is -1.93. The molecule has 2 saturated heterocycles. The van der Waals surface area contributed by atoms with E-state index in [1.807, 2.05) is 13.0 Å². The molecule has 0 aromatic carbocycles. The fourth-order valence-electron chi connectivity index (χ4n) is 12.0. The molecule has 0 aromatic rings. The van der Waals surface area contributed by atoms with E-state index in [2.05, 4.69) is 6.92 Å². The SMILES string of the molecule is CCC(=O)OC[C@H]1O[C@@H](OCC(=O)[C@@]23O[C@H](C4CCCCC4)O[C@@H]2CC2C4CCC5=CC(=O)C=C[C@]5(C)C4[C@@H](O)C[C@@]23C)[C@H](OC(=O)CC)[C@@H](OC(=O)CC)[C@@H]1OC(=O)CC. The first-order valence-electron chi connectivity index (χ1n) is 22.6. The Labute approximate surface area is 357 Å². The van der Waals surface area contributed by atoms with Crippen molar-refractivity contribution >= 4 is 35.4 Å². The van der Waals surface area contributed by atoms with Crippen LogP contribution < -0.4 is 0 Å². The van der Waals surface area contributed by atoms with E-state index >= 15 is 4.79 Å². The van der Waals surface area contributed by atoms with Gasteiger partial charge in [0.2, 0.25) is 0 Å². The molecular weight excluding hydrogens is 792 g/mol. The maximum absolute atomic E-state index is 15.4. The number of aliphatic hydroxyl groups is 1. The van der Waals surface area contributed by atoms with E-state index in [1.54, 1.807) is 39.8 Å². The molecule has 6 fully saturated rings. The number of carbonyl (C=O) groups excluding carboxylic acids is 6. The smallest absolute Gasteiger partial charge is 0.306 e. The third-order valence-electron chi connectivity index (χ3n) is 15.0. The van der Waals surface area contributed by atoms with Gasteiger partial charge in [-0.1, -0.05) is 72.5 Å². The van der Waals surface area contributed by atoms with Crippen LogP contribution in [0, 0.1) is 34.5 Å². The largest absolute Gasteiger partial charge is 0.463 e. The van der Waals surface area contributed by atoms with Crippen molar-refractivity contribution in [3.63, 3.8) is 0 Å². The quantitative estimate of drug-likeness (QED) is 0.177. The monoisotopic (exact) mass is 856 g/mol. The summed E-state index contributed by atoms with van der Waals surface area (Å²) in [5.74, 6) is -3.30. The van der Waals surface area contributed by atoms with Crippen molar-refractivity contribution in [2.45, 2.75) is 180 Å². The number of ether oxygens (including phenoxy) is 8. The molecule has 14 atom stereocenters. The van der Waals surface area contributed by atoms with Gasteiger partial charge in [0.1, 0.15) is 19.3 Å². The Morgan fingerprint density at radius 2 is 1.46 bits per heavy atom. The van der Waals surface area contributed by atoms with Crippen LogP contribution >= 0.6 is 0 Å². The van der Waals surface area contributed by atoms with E-state index in [-0.39, 0.29) is 61.6 Å². The van der Waals surface area contributed by atoms with Gasteiger partial charge in [0.15, 0.2) is 48.1 Å². The van der Waals surface area contributed by atoms with E-state index in [4.69, 9.17) is 37.9 Å². The van der Waals surface area contributed by atoms with Crippen molar-refractivity contribution in [2.24, 2.45) is 34.5 Å². The van der Waals surface area contributed by atoms with Crippen LogP contribution in [-0.4, -0.2) is 109 Å². The van der Waals surface area contributed by atoms with Gasteiger partial charge in [-0.2, -0.15) is 0 Å². The summed E-state index contributed by atoms with van der Waals surface area (Å²) in [6, 6.07) is 0. The van der Waals surface area contributed by atoms with Crippen LogP contribution in [0.3, 0.4) is 0 Å². The second kappa shape index (κ2) is 18.3. The summed E-state index contributed by atoms with van der Waals surface area (Å²) in [7, 11) is 0. The second-order valence-electron chi connectivity index (χ2n) is 18.4. The van der Waals surface area contributed by atoms with Gasteiger partial charge in [-0.25, -0.2) is 0 Å². The lowest BCUT2D eigenvalue weighted by Gasteiger charge is -2.59. The second-order valence-corrected chi connectivity index (χ2v) is 18.4. The summed E-state index contributed by atoms with van der Waals surface area (Å²) in [5, 5.41) is 12.3. The Balaban J connectivity index is 1.22. The molecule has 3 unspecified atom stereocenters. The third-order valence-corrected chi connectivity index (χ3v) is 15.0. The molecular formula is C46H64O15. The number of fused-ring (bicyclic) bond motifs is 7. The lowest BCUT2D eigenvalue weighted by molar-refractivity contribution is -0.308. The third kappa shape index (κ3) is 8.26. The van der Waals surface area contributed by atoms with Crippen LogP contribution in [0.5, 0.6) is 0 Å². The van der Waals surface area contributed by atoms with E-state index in [0.717, 1.165) is 44.1 Å². The standard InChI is InChI=1S/C46H64O15/c1-7-34(50)54-23-31-39(58-35(51)8-2)40(59-36(52)9-3)41(60-37(53)10-4)43(56-31)55-24-32(49)46-33(57-42(61-46)25-14-12-11-13-15-25)21-29-28-17-16-26-20-27(47)18-19-44(26,5)38(28)30(48)22-45(29,46)6/h18-20,25,28-31,33,38-43,48H,7-17,21-24H2,1-6H3/t28?,29?,30-,31+,33+,38?,39+,40-,41+,42+,43+,44-,45-,46+/m0/s1. The van der Waals surface area contributed by atoms with Crippen molar-refractivity contribution in [2.75, 3.05) is 13.2 Å². The fourth-order valence-corrected chi connectivity index (χ4v) is 12.0. The van der Waals surface area contributed by atoms with Gasteiger partial charge < -0.3 is 43.0 Å². The summed E-state index contributed by atoms with van der Waals surface area (Å²) < 4.78 is 49.5. The molecule has 7 rings (SSSR count). The molecule has 0 radical (unpaired) electrons. The zero-order chi connectivity index (χ0) is 43.9. The summed E-state index contributed by atoms with van der Waals surface area (Å²) in [6.07, 6.45) is 3.02. The molecule has 1 N–H and O–H groups in total. The predicted octanol–water partition coefficient (Wildman–Crippen LogP) is 5.16. The van der Waals surface area contributed by atoms with Gasteiger partial charge >= 0.3 is 23.9 Å². The predicted molar refractivity (Wildman–Crippen MR) is 214 cm³/mol. The number of aliphatic hydroxyl groups excluding tert-OH is 1. The minimum Gasteiger partial charge on any atom is -0.463 e. The van der Waals surface area contributed by atoms with Gasteiger partial charge in [0.05, 0.1) is 12.2 Å². The van der Waals surface area contributed by atoms with Gasteiger partial charge in [-0.3, -0.25) is 28.8 Å². The summed E-state index contributed by atoms with van der Waals surface area (Å²) >= 11 is 0. The normalized spacial score (nSPS) is 40.4. The van der Waals surface area contributed by atoms with E-state index < -0.39 is 109 Å². The highest BCUT2D eigenvalue weighted by atomic mass is 16.8. The van der Waals surface area contributed by atoms with Crippen LogP contribution in [0.4, 0.5) is 0 Å². The maximum atomic E-state index is 15.4. The molecule has 15 nitrogen and oxygen atoms in total. The van der Waals surface area contributed by atoms with Crippen molar-refractivity contribution in [1.29, 1.82) is 0 Å². The fraction of sp³-hybridized carbons (Fsp3) is 0.783. The first-order chi connectivity index (χ1) is 29.1. The molecule has 0 amide bonds. The van der Waals surface area contributed by atoms with E-state index in [1.165, 1.54) is 0 Å². The molecule has 7 aliphatic rings. The number of rotatable bonds is 14. The molecule has 0 bridgehead atoms. The van der Waals surface area contributed by atoms with Crippen molar-refractivity contribution in [3.05, 3.63) is 23.8 Å². The van der Waals surface area contributed by atoms with Crippen LogP contribution in [-0.2, 0) is 66.7 Å². The molecule has 15 heteroatoms. The highest BCUT2D eigenvalue weighted by molar-refractivity contribution is 6.01. The molecule has 4 saturated carbocycles. The van der Waals surface area contributed by atoms with Crippen molar-refractivity contribution in [3.8, 4) is 0 Å². The Bertz CT molecular complexity index is 1770. The lowest BCUT2D eigenvalue weighted by atomic mass is 9.46. The molecule has 5 aliphatic carbocycles. The zero-order valence-corrected chi connectivity index (χ0v) is 36.4. The summed E-state index contributed by atoms with van der Waals surface area (Å²) in [4.78, 5) is 78.9. The molecule has 338 valence electrons. The number of allylic oxidation sites excluding steroid dienone is 4. The van der Waals surface area contributed by atoms with Crippen LogP contribution in [0.1, 0.15) is 125 Å². The number of ketones is 2. The Morgan fingerprint density at radius 1 is 0.820 bits per heavy atom. The van der Waals surface area contributed by atoms with Gasteiger partial charge in [-0.05, 0) is 62.5 Å². The molecule has 2 aliphatic heterocycles. The van der Waals surface area contributed by atoms with Gasteiger partial charge in [0, 0.05) is 48.3 Å². The number of carbonyl (C=O) groups is 6. The van der Waals surface area contributed by atoms with E-state index in [9.17, 15) is 29.1 Å². The highest BCUT2D eigenvalue weighted by Crippen LogP contribution is 2.70. The molecule has 61 heavy (non-hydrogen) atoms. The topological polar surface area (TPSA) is 196 Å². The highest BCUT2D eigenvalue weighted by Gasteiger charge is 2.76. The number of esters is 4. The maximum Gasteiger partial charge on any atom is 0.306 e. The minimum atomic E-state index is -1.56. The Kier molecular flexibility index (Phi) is 13.7. The average molecular weight is 857 g/mol. The number of Topliss-reactive ketones (excluding diaryl/α,β-unsaturated/α-hetero) is 1. The zero-order valence-electron chi connectivity index (χ0n) is 36.4. The first kappa shape index (κ1) is 45.5. The molecule has 0 spiro atoms. The first-order valence-corrected chi connectivity index (χ1v) is 22.6. The van der Waals surface area contributed by atoms with Crippen LogP contribution in [0.25, 0.3) is 0 Å². The van der Waals surface area contributed by atoms with Crippen LogP contribution in [0.2, 0.25) is 0 Å². The average Bonchev–Trinajstić information content (AvgIpc) is 3.76. The van der Waals surface area contributed by atoms with Gasteiger partial charge in [-0.15, -0.1) is 0 Å². The van der Waals surface area contributed by atoms with E-state index in [0.29, 0.717) is 12.8 Å². The summed E-state index contributed by atoms with van der Waals surface area (Å²) in [6.45, 7) is 9.43. The van der Waals surface area contributed by atoms with Crippen molar-refractivity contribution in [1.82, 2.24) is 0 Å². The minimum absolute atomic E-state index is 0.00634. The van der Waals surface area contributed by atoms with Gasteiger partial charge in [0.25, 0.3) is 0 Å². The van der Waals surface area contributed by atoms with Crippen LogP contribution in [0.15, 0.2) is 23.8 Å². The Hall–Kier alpha value is -3.50. The van der Waals surface area contributed by atoms with Crippen molar-refractivity contribution < 1.29 is 71.8 Å². The molecule has 2 heterocycles. The Morgan fingerprint density at radius 3 is 2.11 bits per heavy atom. The number of hydrogen-bond donors (Lipinski definition) is 1. The lowest BCUT2D eigenvalue weighted by Crippen LogP contribution is -2.65. The molecule has 0 aromatic heterocycles.